The van der Waals surface area contributed by atoms with Crippen LogP contribution in [0.25, 0.3) is 0 Å². The smallest absolute Gasteiger partial charge is 0.254 e. The number of benzene rings is 1. The molecule has 1 aliphatic heterocycles. The molecule has 6 nitrogen and oxygen atoms in total. The molecule has 3 unspecified atom stereocenters. The highest BCUT2D eigenvalue weighted by atomic mass is 32.2. The van der Waals surface area contributed by atoms with E-state index in [0.29, 0.717) is 12.4 Å². The third kappa shape index (κ3) is 5.82. The lowest BCUT2D eigenvalue weighted by Crippen LogP contribution is -2.53. The molecule has 1 aromatic rings. The number of nitrogens with zero attached hydrogens (tertiary/aromatic N) is 1. The highest BCUT2D eigenvalue weighted by molar-refractivity contribution is 8.00. The molecule has 0 aromatic heterocycles. The zero-order chi connectivity index (χ0) is 20.2. The van der Waals surface area contributed by atoms with Crippen LogP contribution in [0.15, 0.2) is 42.5 Å². The fourth-order valence-corrected chi connectivity index (χ4v) is 3.84. The van der Waals surface area contributed by atoms with Gasteiger partial charge in [-0.25, -0.2) is 0 Å². The molecule has 1 saturated heterocycles. The van der Waals surface area contributed by atoms with Crippen LogP contribution in [0.3, 0.4) is 0 Å². The Morgan fingerprint density at radius 1 is 1.30 bits per heavy atom. The largest absolute Gasteiger partial charge is 0.389 e. The summed E-state index contributed by atoms with van der Waals surface area (Å²) in [6.07, 6.45) is -2.10. The second kappa shape index (κ2) is 8.91. The summed E-state index contributed by atoms with van der Waals surface area (Å²) in [7, 11) is 0. The quantitative estimate of drug-likeness (QED) is 0.609. The maximum absolute atomic E-state index is 12.8. The van der Waals surface area contributed by atoms with E-state index in [-0.39, 0.29) is 16.7 Å². The summed E-state index contributed by atoms with van der Waals surface area (Å²) in [6.45, 7) is 9.66. The predicted molar refractivity (Wildman–Crippen MR) is 107 cm³/mol. The van der Waals surface area contributed by atoms with E-state index in [4.69, 9.17) is 0 Å². The molecule has 1 aliphatic rings. The van der Waals surface area contributed by atoms with Crippen LogP contribution in [0.5, 0.6) is 0 Å². The Morgan fingerprint density at radius 2 is 1.93 bits per heavy atom. The molecule has 3 atom stereocenters. The molecule has 0 aliphatic carbocycles. The third-order valence-electron chi connectivity index (χ3n) is 4.54. The maximum Gasteiger partial charge on any atom is 0.254 e. The maximum atomic E-state index is 12.8. The Labute approximate surface area is 164 Å². The van der Waals surface area contributed by atoms with Gasteiger partial charge in [-0.15, -0.1) is 11.8 Å². The topological polar surface area (TPSA) is 89.9 Å². The fraction of sp³-hybridized carbons (Fsp3) is 0.500. The zero-order valence-corrected chi connectivity index (χ0v) is 16.8. The van der Waals surface area contributed by atoms with E-state index in [1.54, 1.807) is 16.7 Å². The SMILES string of the molecule is C=C(C(=O)NC(Cc1ccccc1)C(O)C(=O)N1CSC(C)(C)C1)C(C)O. The van der Waals surface area contributed by atoms with E-state index < -0.39 is 30.1 Å². The number of carbonyl (C=O) groups excluding carboxylic acids is 2. The normalized spacial score (nSPS) is 19.2. The third-order valence-corrected chi connectivity index (χ3v) is 5.89. The van der Waals surface area contributed by atoms with Gasteiger partial charge in [-0.3, -0.25) is 9.59 Å². The highest BCUT2D eigenvalue weighted by Crippen LogP contribution is 2.33. The molecule has 2 rings (SSSR count). The van der Waals surface area contributed by atoms with Crippen LogP contribution in [-0.2, 0) is 16.0 Å². The van der Waals surface area contributed by atoms with Crippen molar-refractivity contribution in [2.24, 2.45) is 0 Å². The summed E-state index contributed by atoms with van der Waals surface area (Å²) < 4.78 is -0.0613. The molecule has 0 saturated carbocycles. The Hall–Kier alpha value is -1.83. The number of hydrogen-bond acceptors (Lipinski definition) is 5. The first kappa shape index (κ1) is 21.5. The van der Waals surface area contributed by atoms with Gasteiger partial charge in [0.05, 0.1) is 18.0 Å². The van der Waals surface area contributed by atoms with Gasteiger partial charge < -0.3 is 20.4 Å². The van der Waals surface area contributed by atoms with Crippen molar-refractivity contribution in [1.29, 1.82) is 0 Å². The van der Waals surface area contributed by atoms with Crippen LogP contribution in [-0.4, -0.2) is 62.3 Å². The Kier molecular flexibility index (Phi) is 7.08. The van der Waals surface area contributed by atoms with E-state index in [9.17, 15) is 19.8 Å². The molecule has 3 N–H and O–H groups in total. The van der Waals surface area contributed by atoms with E-state index in [2.05, 4.69) is 11.9 Å². The molecule has 7 heteroatoms. The highest BCUT2D eigenvalue weighted by Gasteiger charge is 2.38. The van der Waals surface area contributed by atoms with Crippen molar-refractivity contribution in [2.45, 2.75) is 50.2 Å². The molecule has 2 amide bonds. The lowest BCUT2D eigenvalue weighted by atomic mass is 9.99. The molecule has 0 bridgehead atoms. The summed E-state index contributed by atoms with van der Waals surface area (Å²) in [5.41, 5.74) is 0.874. The second-order valence-corrected chi connectivity index (χ2v) is 9.14. The summed E-state index contributed by atoms with van der Waals surface area (Å²) in [5, 5.41) is 23.0. The molecule has 27 heavy (non-hydrogen) atoms. The van der Waals surface area contributed by atoms with Gasteiger partial charge in [0.25, 0.3) is 5.91 Å². The van der Waals surface area contributed by atoms with Crippen LogP contribution in [0.2, 0.25) is 0 Å². The van der Waals surface area contributed by atoms with Gasteiger partial charge >= 0.3 is 0 Å². The minimum absolute atomic E-state index is 0.00873. The molecule has 0 radical (unpaired) electrons. The van der Waals surface area contributed by atoms with E-state index in [1.807, 2.05) is 44.2 Å². The Bertz CT molecular complexity index is 690. The van der Waals surface area contributed by atoms with E-state index in [1.165, 1.54) is 6.92 Å². The lowest BCUT2D eigenvalue weighted by Gasteiger charge is -2.28. The first-order chi connectivity index (χ1) is 12.6. The number of carbonyl (C=O) groups is 2. The number of rotatable bonds is 7. The first-order valence-electron chi connectivity index (χ1n) is 8.93. The standard InChI is InChI=1S/C20H28N2O4S/c1-13(14(2)23)18(25)21-16(10-15-8-6-5-7-9-15)17(24)19(26)22-11-20(3,4)27-12-22/h5-9,14,16-17,23-24H,1,10-12H2,2-4H3,(H,21,25). The minimum atomic E-state index is -1.38. The van der Waals surface area contributed by atoms with Crippen molar-refractivity contribution in [3.05, 3.63) is 48.0 Å². The number of aliphatic hydroxyl groups is 2. The number of amides is 2. The lowest BCUT2D eigenvalue weighted by molar-refractivity contribution is -0.141. The molecule has 148 valence electrons. The number of nitrogens with one attached hydrogen (secondary N) is 1. The van der Waals surface area contributed by atoms with E-state index >= 15 is 0 Å². The predicted octanol–water partition coefficient (Wildman–Crippen LogP) is 1.32. The van der Waals surface area contributed by atoms with Crippen molar-refractivity contribution < 1.29 is 19.8 Å². The van der Waals surface area contributed by atoms with Crippen LogP contribution in [0, 0.1) is 0 Å². The number of aliphatic hydroxyl groups excluding tert-OH is 2. The fourth-order valence-electron chi connectivity index (χ4n) is 2.86. The van der Waals surface area contributed by atoms with Crippen molar-refractivity contribution >= 4 is 23.6 Å². The van der Waals surface area contributed by atoms with Gasteiger partial charge in [-0.05, 0) is 32.8 Å². The summed E-state index contributed by atoms with van der Waals surface area (Å²) in [6, 6.07) is 8.51. The van der Waals surface area contributed by atoms with E-state index in [0.717, 1.165) is 5.56 Å². The van der Waals surface area contributed by atoms with Gasteiger partial charge in [0.2, 0.25) is 5.91 Å². The monoisotopic (exact) mass is 392 g/mol. The van der Waals surface area contributed by atoms with Gasteiger partial charge in [0.15, 0.2) is 6.10 Å². The van der Waals surface area contributed by atoms with Crippen LogP contribution in [0.4, 0.5) is 0 Å². The van der Waals surface area contributed by atoms with Crippen molar-refractivity contribution in [3.8, 4) is 0 Å². The van der Waals surface area contributed by atoms with Gasteiger partial charge in [-0.1, -0.05) is 36.9 Å². The minimum Gasteiger partial charge on any atom is -0.389 e. The number of thioether (sulfide) groups is 1. The van der Waals surface area contributed by atoms with Gasteiger partial charge in [0, 0.05) is 16.9 Å². The van der Waals surface area contributed by atoms with Gasteiger partial charge in [0.1, 0.15) is 0 Å². The first-order valence-corrected chi connectivity index (χ1v) is 9.92. The molecular formula is C20H28N2O4S. The van der Waals surface area contributed by atoms with Crippen LogP contribution >= 0.6 is 11.8 Å². The second-order valence-electron chi connectivity index (χ2n) is 7.49. The molecule has 1 aromatic carbocycles. The van der Waals surface area contributed by atoms with Crippen molar-refractivity contribution in [3.63, 3.8) is 0 Å². The van der Waals surface area contributed by atoms with Crippen LogP contribution < -0.4 is 5.32 Å². The molecular weight excluding hydrogens is 364 g/mol. The average molecular weight is 393 g/mol. The average Bonchev–Trinajstić information content (AvgIpc) is 2.99. The van der Waals surface area contributed by atoms with Crippen molar-refractivity contribution in [2.75, 3.05) is 12.4 Å². The summed E-state index contributed by atoms with van der Waals surface area (Å²) in [5.74, 6) is -0.471. The zero-order valence-electron chi connectivity index (χ0n) is 16.0. The molecule has 1 fully saturated rings. The van der Waals surface area contributed by atoms with Gasteiger partial charge in [-0.2, -0.15) is 0 Å². The molecule has 1 heterocycles. The summed E-state index contributed by atoms with van der Waals surface area (Å²) in [4.78, 5) is 26.7. The Balaban J connectivity index is 2.16. The summed E-state index contributed by atoms with van der Waals surface area (Å²) >= 11 is 1.65. The van der Waals surface area contributed by atoms with Crippen molar-refractivity contribution in [1.82, 2.24) is 10.2 Å². The molecule has 0 spiro atoms. The Morgan fingerprint density at radius 3 is 2.44 bits per heavy atom. The van der Waals surface area contributed by atoms with Crippen LogP contribution in [0.1, 0.15) is 26.3 Å². The number of hydrogen-bond donors (Lipinski definition) is 3.